The normalized spacial score (nSPS) is 10.3. The Morgan fingerprint density at radius 2 is 2.05 bits per heavy atom. The monoisotopic (exact) mass is 284 g/mol. The Bertz CT molecular complexity index is 852. The van der Waals surface area contributed by atoms with Crippen molar-refractivity contribution in [3.8, 4) is 23.3 Å². The van der Waals surface area contributed by atoms with E-state index in [9.17, 15) is 8.78 Å². The van der Waals surface area contributed by atoms with E-state index in [2.05, 4.69) is 20.4 Å². The molecule has 0 N–H and O–H groups in total. The SMILES string of the molecule is N#Cc1cc(F)cc(-n2nnc(-c3ncccc3F)n2)c1. The minimum absolute atomic E-state index is 0.0316. The van der Waals surface area contributed by atoms with Crippen LogP contribution >= 0.6 is 0 Å². The number of nitrogens with zero attached hydrogens (tertiary/aromatic N) is 6. The van der Waals surface area contributed by atoms with Crippen LogP contribution in [0.5, 0.6) is 0 Å². The number of rotatable bonds is 2. The van der Waals surface area contributed by atoms with E-state index in [1.807, 2.05) is 6.07 Å². The molecule has 0 atom stereocenters. The van der Waals surface area contributed by atoms with E-state index in [1.165, 1.54) is 24.4 Å². The molecule has 8 heteroatoms. The first kappa shape index (κ1) is 12.8. The Labute approximate surface area is 117 Å². The van der Waals surface area contributed by atoms with Crippen LogP contribution in [0.15, 0.2) is 36.5 Å². The number of tetrazole rings is 1. The molecule has 2 heterocycles. The number of nitriles is 1. The second-order valence-corrected chi connectivity index (χ2v) is 4.05. The van der Waals surface area contributed by atoms with Gasteiger partial charge in [-0.2, -0.15) is 5.26 Å². The molecule has 0 saturated heterocycles. The Kier molecular flexibility index (Phi) is 3.08. The first-order valence-corrected chi connectivity index (χ1v) is 5.79. The number of hydrogen-bond donors (Lipinski definition) is 0. The van der Waals surface area contributed by atoms with Gasteiger partial charge in [-0.05, 0) is 29.5 Å². The first-order valence-electron chi connectivity index (χ1n) is 5.79. The fourth-order valence-electron chi connectivity index (χ4n) is 1.72. The molecule has 0 bridgehead atoms. The van der Waals surface area contributed by atoms with Gasteiger partial charge in [-0.1, -0.05) is 0 Å². The number of halogens is 2. The summed E-state index contributed by atoms with van der Waals surface area (Å²) in [5, 5.41) is 20.2. The van der Waals surface area contributed by atoms with Crippen LogP contribution in [0.2, 0.25) is 0 Å². The second kappa shape index (κ2) is 5.05. The molecule has 0 saturated carbocycles. The minimum Gasteiger partial charge on any atom is -0.250 e. The highest BCUT2D eigenvalue weighted by Crippen LogP contribution is 2.16. The Morgan fingerprint density at radius 3 is 2.81 bits per heavy atom. The third kappa shape index (κ3) is 2.44. The maximum absolute atomic E-state index is 13.6. The Balaban J connectivity index is 2.05. The predicted octanol–water partition coefficient (Wildman–Crippen LogP) is 1.87. The van der Waals surface area contributed by atoms with E-state index >= 15 is 0 Å². The summed E-state index contributed by atoms with van der Waals surface area (Å²) in [6, 6.07) is 8.10. The van der Waals surface area contributed by atoms with Crippen molar-refractivity contribution in [2.24, 2.45) is 0 Å². The van der Waals surface area contributed by atoms with Crippen LogP contribution in [0.3, 0.4) is 0 Å². The molecule has 0 aliphatic carbocycles. The quantitative estimate of drug-likeness (QED) is 0.717. The van der Waals surface area contributed by atoms with Crippen molar-refractivity contribution < 1.29 is 8.78 Å². The van der Waals surface area contributed by atoms with E-state index in [-0.39, 0.29) is 22.8 Å². The fourth-order valence-corrected chi connectivity index (χ4v) is 1.72. The van der Waals surface area contributed by atoms with Crippen LogP contribution in [0, 0.1) is 23.0 Å². The molecule has 0 aliphatic rings. The molecule has 0 aliphatic heterocycles. The van der Waals surface area contributed by atoms with Crippen LogP contribution in [0.4, 0.5) is 8.78 Å². The zero-order valence-electron chi connectivity index (χ0n) is 10.4. The lowest BCUT2D eigenvalue weighted by Gasteiger charge is -1.99. The zero-order valence-corrected chi connectivity index (χ0v) is 10.4. The molecular formula is C13H6F2N6. The van der Waals surface area contributed by atoms with Gasteiger partial charge in [0.1, 0.15) is 11.5 Å². The van der Waals surface area contributed by atoms with Gasteiger partial charge in [0.2, 0.25) is 5.82 Å². The summed E-state index contributed by atoms with van der Waals surface area (Å²) in [7, 11) is 0. The second-order valence-electron chi connectivity index (χ2n) is 4.05. The molecule has 0 unspecified atom stereocenters. The summed E-state index contributed by atoms with van der Waals surface area (Å²) in [6.45, 7) is 0. The lowest BCUT2D eigenvalue weighted by Crippen LogP contribution is -2.00. The molecular weight excluding hydrogens is 278 g/mol. The topological polar surface area (TPSA) is 80.3 Å². The van der Waals surface area contributed by atoms with Crippen molar-refractivity contribution in [3.63, 3.8) is 0 Å². The van der Waals surface area contributed by atoms with Gasteiger partial charge in [0.15, 0.2) is 5.82 Å². The lowest BCUT2D eigenvalue weighted by molar-refractivity contribution is 0.619. The molecule has 1 aromatic carbocycles. The smallest absolute Gasteiger partial charge is 0.226 e. The number of aromatic nitrogens is 5. The number of hydrogen-bond acceptors (Lipinski definition) is 5. The van der Waals surface area contributed by atoms with E-state index in [0.29, 0.717) is 0 Å². The van der Waals surface area contributed by atoms with E-state index in [1.54, 1.807) is 0 Å². The van der Waals surface area contributed by atoms with Gasteiger partial charge in [0, 0.05) is 12.3 Å². The van der Waals surface area contributed by atoms with Crippen molar-refractivity contribution in [2.75, 3.05) is 0 Å². The largest absolute Gasteiger partial charge is 0.250 e. The molecule has 2 aromatic heterocycles. The van der Waals surface area contributed by atoms with E-state index in [0.717, 1.165) is 16.9 Å². The third-order valence-corrected chi connectivity index (χ3v) is 2.63. The van der Waals surface area contributed by atoms with Crippen molar-refractivity contribution >= 4 is 0 Å². The summed E-state index contributed by atoms with van der Waals surface area (Å²) in [4.78, 5) is 4.83. The van der Waals surface area contributed by atoms with Gasteiger partial charge in [-0.15, -0.1) is 15.0 Å². The molecule has 3 rings (SSSR count). The van der Waals surface area contributed by atoms with Gasteiger partial charge in [-0.3, -0.25) is 0 Å². The summed E-state index contributed by atoms with van der Waals surface area (Å²) in [5.74, 6) is -1.23. The molecule has 21 heavy (non-hydrogen) atoms. The molecule has 6 nitrogen and oxygen atoms in total. The number of pyridine rings is 1. The van der Waals surface area contributed by atoms with Crippen LogP contribution in [0.1, 0.15) is 5.56 Å². The Morgan fingerprint density at radius 1 is 1.19 bits per heavy atom. The van der Waals surface area contributed by atoms with Crippen LogP contribution < -0.4 is 0 Å². The Hall–Kier alpha value is -3.21. The maximum Gasteiger partial charge on any atom is 0.226 e. The highest BCUT2D eigenvalue weighted by Gasteiger charge is 2.13. The van der Waals surface area contributed by atoms with Crippen LogP contribution in [-0.2, 0) is 0 Å². The van der Waals surface area contributed by atoms with Crippen LogP contribution in [-0.4, -0.2) is 25.2 Å². The molecule has 0 radical (unpaired) electrons. The molecule has 0 fully saturated rings. The zero-order chi connectivity index (χ0) is 14.8. The van der Waals surface area contributed by atoms with Gasteiger partial charge >= 0.3 is 0 Å². The highest BCUT2D eigenvalue weighted by atomic mass is 19.1. The van der Waals surface area contributed by atoms with Crippen molar-refractivity contribution in [1.82, 2.24) is 25.2 Å². The van der Waals surface area contributed by atoms with E-state index < -0.39 is 11.6 Å². The number of benzene rings is 1. The summed E-state index contributed by atoms with van der Waals surface area (Å²) < 4.78 is 27.0. The summed E-state index contributed by atoms with van der Waals surface area (Å²) in [6.07, 6.45) is 1.40. The van der Waals surface area contributed by atoms with Crippen LogP contribution in [0.25, 0.3) is 17.2 Å². The first-order chi connectivity index (χ1) is 10.2. The van der Waals surface area contributed by atoms with Crippen molar-refractivity contribution in [3.05, 3.63) is 53.7 Å². The standard InChI is InChI=1S/C13H6F2N6/c14-9-4-8(7-16)5-10(6-9)21-19-13(18-20-21)12-11(15)2-1-3-17-12/h1-6H. The highest BCUT2D eigenvalue weighted by molar-refractivity contribution is 5.49. The average molecular weight is 284 g/mol. The van der Waals surface area contributed by atoms with Crippen molar-refractivity contribution in [1.29, 1.82) is 5.26 Å². The van der Waals surface area contributed by atoms with Crippen molar-refractivity contribution in [2.45, 2.75) is 0 Å². The molecule has 3 aromatic rings. The van der Waals surface area contributed by atoms with Gasteiger partial charge < -0.3 is 0 Å². The third-order valence-electron chi connectivity index (χ3n) is 2.63. The molecule has 102 valence electrons. The lowest BCUT2D eigenvalue weighted by atomic mass is 10.2. The predicted molar refractivity (Wildman–Crippen MR) is 67.0 cm³/mol. The summed E-state index contributed by atoms with van der Waals surface area (Å²) >= 11 is 0. The molecule has 0 amide bonds. The minimum atomic E-state index is -0.605. The molecule has 0 spiro atoms. The average Bonchev–Trinajstić information content (AvgIpc) is 2.96. The van der Waals surface area contributed by atoms with E-state index in [4.69, 9.17) is 5.26 Å². The summed E-state index contributed by atoms with van der Waals surface area (Å²) in [5.41, 5.74) is 0.273. The van der Waals surface area contributed by atoms with Gasteiger partial charge in [-0.25, -0.2) is 13.8 Å². The van der Waals surface area contributed by atoms with Gasteiger partial charge in [0.25, 0.3) is 0 Å². The maximum atomic E-state index is 13.6. The van der Waals surface area contributed by atoms with Gasteiger partial charge in [0.05, 0.1) is 17.3 Å². The fraction of sp³-hybridized carbons (Fsp3) is 0.